The highest BCUT2D eigenvalue weighted by atomic mass is 16.5. The zero-order valence-electron chi connectivity index (χ0n) is 15.0. The maximum absolute atomic E-state index is 12.3. The van der Waals surface area contributed by atoms with Gasteiger partial charge in [-0.15, -0.1) is 0 Å². The van der Waals surface area contributed by atoms with Crippen molar-refractivity contribution in [3.8, 4) is 5.75 Å². The molecule has 2 aromatic carbocycles. The minimum atomic E-state index is -0.569. The molecule has 2 rings (SSSR count). The van der Waals surface area contributed by atoms with Gasteiger partial charge in [-0.2, -0.15) is 0 Å². The van der Waals surface area contributed by atoms with Crippen LogP contribution in [0.2, 0.25) is 0 Å². The van der Waals surface area contributed by atoms with Crippen LogP contribution in [0, 0.1) is 20.8 Å². The van der Waals surface area contributed by atoms with E-state index in [9.17, 15) is 9.59 Å². The highest BCUT2D eigenvalue weighted by molar-refractivity contribution is 6.00. The highest BCUT2D eigenvalue weighted by Gasteiger charge is 2.12. The number of methoxy groups -OCH3 is 1. The summed E-state index contributed by atoms with van der Waals surface area (Å²) in [6.45, 7) is 5.55. The summed E-state index contributed by atoms with van der Waals surface area (Å²) in [5.74, 6) is -0.117. The Hall–Kier alpha value is -2.88. The summed E-state index contributed by atoms with van der Waals surface area (Å²) >= 11 is 0. The first-order chi connectivity index (χ1) is 11.9. The van der Waals surface area contributed by atoms with Crippen molar-refractivity contribution < 1.29 is 19.1 Å². The average Bonchev–Trinajstić information content (AvgIpc) is 2.61. The van der Waals surface area contributed by atoms with Gasteiger partial charge in [-0.3, -0.25) is 4.79 Å². The van der Waals surface area contributed by atoms with Gasteiger partial charge in [-0.25, -0.2) is 4.79 Å². The predicted molar refractivity (Wildman–Crippen MR) is 98.0 cm³/mol. The van der Waals surface area contributed by atoms with Crippen LogP contribution in [0.1, 0.15) is 32.6 Å². The van der Waals surface area contributed by atoms with Crippen LogP contribution in [-0.4, -0.2) is 25.5 Å². The fraction of sp³-hybridized carbons (Fsp3) is 0.238. The van der Waals surface area contributed by atoms with Gasteiger partial charge in [-0.1, -0.05) is 24.3 Å². The van der Waals surface area contributed by atoms with E-state index in [1.54, 1.807) is 19.3 Å². The third kappa shape index (κ3) is 4.80. The molecular weight excluding hydrogens is 316 g/mol. The summed E-state index contributed by atoms with van der Waals surface area (Å²) in [5, 5.41) is 0. The quantitative estimate of drug-likeness (QED) is 0.453. The Kier molecular flexibility index (Phi) is 6.12. The Morgan fingerprint density at radius 2 is 1.68 bits per heavy atom. The smallest absolute Gasteiger partial charge is 0.331 e. The van der Waals surface area contributed by atoms with Gasteiger partial charge < -0.3 is 9.47 Å². The summed E-state index contributed by atoms with van der Waals surface area (Å²) in [5.41, 5.74) is 4.40. The summed E-state index contributed by atoms with van der Waals surface area (Å²) < 4.78 is 10.3. The molecule has 0 radical (unpaired) electrons. The van der Waals surface area contributed by atoms with E-state index in [4.69, 9.17) is 9.47 Å². The van der Waals surface area contributed by atoms with Gasteiger partial charge in [-0.05, 0) is 55.7 Å². The van der Waals surface area contributed by atoms with Crippen LogP contribution < -0.4 is 4.74 Å². The SMILES string of the molecule is COc1ccccc1C=CC(=O)OCC(=O)c1cc(C)c(C)cc1C. The molecule has 0 saturated heterocycles. The van der Waals surface area contributed by atoms with Crippen LogP contribution in [-0.2, 0) is 9.53 Å². The predicted octanol–water partition coefficient (Wildman–Crippen LogP) is 4.06. The molecule has 0 bridgehead atoms. The third-order valence-electron chi connectivity index (χ3n) is 4.02. The number of benzene rings is 2. The lowest BCUT2D eigenvalue weighted by atomic mass is 9.98. The fourth-order valence-electron chi connectivity index (χ4n) is 2.49. The number of hydrogen-bond donors (Lipinski definition) is 0. The molecule has 0 heterocycles. The molecule has 4 heteroatoms. The van der Waals surface area contributed by atoms with Crippen LogP contribution in [0.25, 0.3) is 6.08 Å². The second kappa shape index (κ2) is 8.29. The van der Waals surface area contributed by atoms with Gasteiger partial charge in [0.1, 0.15) is 5.75 Å². The zero-order chi connectivity index (χ0) is 18.4. The molecule has 0 atom stereocenters. The lowest BCUT2D eigenvalue weighted by Gasteiger charge is -2.09. The van der Waals surface area contributed by atoms with Gasteiger partial charge >= 0.3 is 5.97 Å². The minimum absolute atomic E-state index is 0.209. The molecule has 25 heavy (non-hydrogen) atoms. The van der Waals surface area contributed by atoms with Gasteiger partial charge in [0.2, 0.25) is 5.78 Å². The van der Waals surface area contributed by atoms with E-state index >= 15 is 0 Å². The van der Waals surface area contributed by atoms with Crippen molar-refractivity contribution in [1.29, 1.82) is 0 Å². The van der Waals surface area contributed by atoms with Crippen LogP contribution in [0.5, 0.6) is 5.75 Å². The lowest BCUT2D eigenvalue weighted by Crippen LogP contribution is -2.14. The van der Waals surface area contributed by atoms with Gasteiger partial charge in [0.25, 0.3) is 0 Å². The Morgan fingerprint density at radius 1 is 1.00 bits per heavy atom. The number of esters is 1. The van der Waals surface area contributed by atoms with Crippen LogP contribution >= 0.6 is 0 Å². The number of ether oxygens (including phenoxy) is 2. The summed E-state index contributed by atoms with van der Waals surface area (Å²) in [6, 6.07) is 11.1. The fourth-order valence-corrected chi connectivity index (χ4v) is 2.49. The van der Waals surface area contributed by atoms with E-state index < -0.39 is 5.97 Å². The maximum atomic E-state index is 12.3. The monoisotopic (exact) mass is 338 g/mol. The normalized spacial score (nSPS) is 10.7. The van der Waals surface area contributed by atoms with Crippen molar-refractivity contribution in [3.05, 3.63) is 70.3 Å². The standard InChI is InChI=1S/C21H22O4/c1-14-11-16(3)18(12-15(14)2)19(22)13-25-21(23)10-9-17-7-5-6-8-20(17)24-4/h5-12H,13H2,1-4H3. The van der Waals surface area contributed by atoms with Crippen molar-refractivity contribution in [2.24, 2.45) is 0 Å². The van der Waals surface area contributed by atoms with Crippen molar-refractivity contribution in [2.45, 2.75) is 20.8 Å². The summed E-state index contributed by atoms with van der Waals surface area (Å²) in [4.78, 5) is 24.1. The van der Waals surface area contributed by atoms with Crippen molar-refractivity contribution in [3.63, 3.8) is 0 Å². The molecule has 0 aromatic heterocycles. The summed E-state index contributed by atoms with van der Waals surface area (Å²) in [6.07, 6.45) is 2.89. The first kappa shape index (κ1) is 18.5. The molecule has 0 spiro atoms. The van der Waals surface area contributed by atoms with Crippen molar-refractivity contribution >= 4 is 17.8 Å². The van der Waals surface area contributed by atoms with Gasteiger partial charge in [0, 0.05) is 17.2 Å². The van der Waals surface area contributed by atoms with Crippen LogP contribution in [0.4, 0.5) is 0 Å². The number of ketones is 1. The van der Waals surface area contributed by atoms with E-state index in [-0.39, 0.29) is 12.4 Å². The molecule has 0 aliphatic carbocycles. The number of Topliss-reactive ketones (excluding diaryl/α,β-unsaturated/α-hetero) is 1. The van der Waals surface area contributed by atoms with E-state index in [1.807, 2.05) is 51.1 Å². The van der Waals surface area contributed by atoms with Gasteiger partial charge in [0.15, 0.2) is 6.61 Å². The molecule has 0 unspecified atom stereocenters. The molecule has 0 saturated carbocycles. The molecule has 130 valence electrons. The van der Waals surface area contributed by atoms with Crippen LogP contribution in [0.15, 0.2) is 42.5 Å². The molecule has 0 aliphatic heterocycles. The molecule has 4 nitrogen and oxygen atoms in total. The first-order valence-corrected chi connectivity index (χ1v) is 8.01. The number of aryl methyl sites for hydroxylation is 3. The second-order valence-corrected chi connectivity index (χ2v) is 5.86. The number of carbonyl (C=O) groups excluding carboxylic acids is 2. The average molecular weight is 338 g/mol. The Balaban J connectivity index is 1.99. The van der Waals surface area contributed by atoms with E-state index in [0.717, 1.165) is 22.3 Å². The molecule has 0 amide bonds. The third-order valence-corrected chi connectivity index (χ3v) is 4.02. The number of hydrogen-bond acceptors (Lipinski definition) is 4. The Bertz CT molecular complexity index is 819. The van der Waals surface area contributed by atoms with Gasteiger partial charge in [0.05, 0.1) is 7.11 Å². The molecular formula is C21H22O4. The second-order valence-electron chi connectivity index (χ2n) is 5.86. The van der Waals surface area contributed by atoms with Crippen molar-refractivity contribution in [1.82, 2.24) is 0 Å². The topological polar surface area (TPSA) is 52.6 Å². The van der Waals surface area contributed by atoms with E-state index in [1.165, 1.54) is 6.08 Å². The Labute approximate surface area is 148 Å². The lowest BCUT2D eigenvalue weighted by molar-refractivity contribution is -0.136. The molecule has 0 aliphatic rings. The summed E-state index contributed by atoms with van der Waals surface area (Å²) in [7, 11) is 1.57. The molecule has 0 fully saturated rings. The molecule has 0 N–H and O–H groups in total. The molecule has 2 aromatic rings. The minimum Gasteiger partial charge on any atom is -0.496 e. The first-order valence-electron chi connectivity index (χ1n) is 8.01. The number of rotatable bonds is 6. The van der Waals surface area contributed by atoms with Crippen molar-refractivity contribution in [2.75, 3.05) is 13.7 Å². The zero-order valence-corrected chi connectivity index (χ0v) is 15.0. The van der Waals surface area contributed by atoms with E-state index in [0.29, 0.717) is 11.3 Å². The maximum Gasteiger partial charge on any atom is 0.331 e. The Morgan fingerprint density at radius 3 is 2.40 bits per heavy atom. The highest BCUT2D eigenvalue weighted by Crippen LogP contribution is 2.19. The number of para-hydroxylation sites is 1. The van der Waals surface area contributed by atoms with E-state index in [2.05, 4.69) is 0 Å². The largest absolute Gasteiger partial charge is 0.496 e. The van der Waals surface area contributed by atoms with Crippen LogP contribution in [0.3, 0.4) is 0 Å². The number of carbonyl (C=O) groups is 2.